The van der Waals surface area contributed by atoms with Gasteiger partial charge in [-0.05, 0) is 37.1 Å². The highest BCUT2D eigenvalue weighted by atomic mass is 16.1. The molecule has 4 nitrogen and oxygen atoms in total. The lowest BCUT2D eigenvalue weighted by Gasteiger charge is -2.22. The molecule has 0 unspecified atom stereocenters. The molecule has 0 heterocycles. The second-order valence-electron chi connectivity index (χ2n) is 4.66. The molecule has 4 N–H and O–H groups in total. The Morgan fingerprint density at radius 2 is 2.11 bits per heavy atom. The first-order valence-corrected chi connectivity index (χ1v) is 6.39. The normalized spacial score (nSPS) is 10.8. The number of nitrogens with two attached hydrogens (primary N) is 2. The fraction of sp³-hybridized carbons (Fsp3) is 0.500. The number of anilines is 1. The van der Waals surface area contributed by atoms with Crippen LogP contribution < -0.4 is 11.5 Å². The summed E-state index contributed by atoms with van der Waals surface area (Å²) in [5.74, 6) is -0.285. The third-order valence-corrected chi connectivity index (χ3v) is 3.09. The van der Waals surface area contributed by atoms with Crippen molar-refractivity contribution in [1.82, 2.24) is 4.90 Å². The number of nitrogens with zero attached hydrogens (tertiary/aromatic N) is 1. The molecule has 1 aromatic carbocycles. The number of benzene rings is 1. The Bertz CT molecular complexity index is 404. The lowest BCUT2D eigenvalue weighted by atomic mass is 10.1. The second kappa shape index (κ2) is 7.01. The maximum Gasteiger partial charge on any atom is 0.231 e. The third kappa shape index (κ3) is 4.37. The zero-order chi connectivity index (χ0) is 13.5. The van der Waals surface area contributed by atoms with Crippen molar-refractivity contribution in [2.24, 2.45) is 5.73 Å². The predicted molar refractivity (Wildman–Crippen MR) is 75.0 cm³/mol. The van der Waals surface area contributed by atoms with Gasteiger partial charge < -0.3 is 11.5 Å². The SMILES string of the molecule is CCCCN(CC(N)=O)Cc1cccc(N)c1C. The van der Waals surface area contributed by atoms with Gasteiger partial charge in [0.05, 0.1) is 6.54 Å². The quantitative estimate of drug-likeness (QED) is 0.722. The van der Waals surface area contributed by atoms with Crippen molar-refractivity contribution in [3.63, 3.8) is 0 Å². The van der Waals surface area contributed by atoms with Gasteiger partial charge in [0, 0.05) is 12.2 Å². The van der Waals surface area contributed by atoms with Crippen LogP contribution in [0.15, 0.2) is 18.2 Å². The lowest BCUT2D eigenvalue weighted by molar-refractivity contribution is -0.119. The number of carbonyl (C=O) groups is 1. The van der Waals surface area contributed by atoms with E-state index < -0.39 is 0 Å². The summed E-state index contributed by atoms with van der Waals surface area (Å²) in [6.45, 7) is 6.04. The van der Waals surface area contributed by atoms with Crippen molar-refractivity contribution >= 4 is 11.6 Å². The van der Waals surface area contributed by atoms with Crippen LogP contribution in [-0.4, -0.2) is 23.9 Å². The molecule has 0 saturated carbocycles. The minimum absolute atomic E-state index is 0.285. The summed E-state index contributed by atoms with van der Waals surface area (Å²) in [5.41, 5.74) is 14.2. The van der Waals surface area contributed by atoms with E-state index >= 15 is 0 Å². The van der Waals surface area contributed by atoms with E-state index in [2.05, 4.69) is 11.8 Å². The van der Waals surface area contributed by atoms with Crippen LogP contribution in [0, 0.1) is 6.92 Å². The van der Waals surface area contributed by atoms with E-state index in [1.54, 1.807) is 0 Å². The summed E-state index contributed by atoms with van der Waals surface area (Å²) in [6.07, 6.45) is 2.17. The van der Waals surface area contributed by atoms with Crippen molar-refractivity contribution in [3.8, 4) is 0 Å². The molecule has 0 aromatic heterocycles. The average molecular weight is 249 g/mol. The summed E-state index contributed by atoms with van der Waals surface area (Å²) in [6, 6.07) is 5.88. The number of carbonyl (C=O) groups excluding carboxylic acids is 1. The van der Waals surface area contributed by atoms with E-state index in [0.717, 1.165) is 42.7 Å². The molecule has 4 heteroatoms. The van der Waals surface area contributed by atoms with E-state index in [4.69, 9.17) is 11.5 Å². The van der Waals surface area contributed by atoms with Gasteiger partial charge in [-0.1, -0.05) is 25.5 Å². The highest BCUT2D eigenvalue weighted by molar-refractivity contribution is 5.75. The molecule has 0 aliphatic heterocycles. The van der Waals surface area contributed by atoms with Crippen LogP contribution in [0.4, 0.5) is 5.69 Å². The first kappa shape index (κ1) is 14.5. The Labute approximate surface area is 109 Å². The topological polar surface area (TPSA) is 72.3 Å². The fourth-order valence-electron chi connectivity index (χ4n) is 1.93. The molecule has 0 bridgehead atoms. The van der Waals surface area contributed by atoms with Crippen molar-refractivity contribution in [3.05, 3.63) is 29.3 Å². The summed E-state index contributed by atoms with van der Waals surface area (Å²) in [7, 11) is 0. The van der Waals surface area contributed by atoms with E-state index in [1.807, 2.05) is 25.1 Å². The van der Waals surface area contributed by atoms with Gasteiger partial charge in [0.15, 0.2) is 0 Å². The number of unbranched alkanes of at least 4 members (excludes halogenated alkanes) is 1. The second-order valence-corrected chi connectivity index (χ2v) is 4.66. The van der Waals surface area contributed by atoms with Gasteiger partial charge >= 0.3 is 0 Å². The van der Waals surface area contributed by atoms with Crippen molar-refractivity contribution < 1.29 is 4.79 Å². The van der Waals surface area contributed by atoms with Crippen LogP contribution in [0.25, 0.3) is 0 Å². The zero-order valence-corrected chi connectivity index (χ0v) is 11.3. The number of nitrogen functional groups attached to an aromatic ring is 1. The van der Waals surface area contributed by atoms with Gasteiger partial charge in [0.25, 0.3) is 0 Å². The van der Waals surface area contributed by atoms with Crippen LogP contribution in [0.2, 0.25) is 0 Å². The zero-order valence-electron chi connectivity index (χ0n) is 11.3. The highest BCUT2D eigenvalue weighted by Crippen LogP contribution is 2.17. The van der Waals surface area contributed by atoms with Crippen molar-refractivity contribution in [1.29, 1.82) is 0 Å². The van der Waals surface area contributed by atoms with E-state index in [1.165, 1.54) is 0 Å². The summed E-state index contributed by atoms with van der Waals surface area (Å²) < 4.78 is 0. The lowest BCUT2D eigenvalue weighted by Crippen LogP contribution is -2.34. The predicted octanol–water partition coefficient (Wildman–Crippen LogP) is 1.66. The minimum Gasteiger partial charge on any atom is -0.399 e. The molecule has 0 saturated heterocycles. The molecule has 0 fully saturated rings. The van der Waals surface area contributed by atoms with Crippen molar-refractivity contribution in [2.45, 2.75) is 33.2 Å². The van der Waals surface area contributed by atoms with Gasteiger partial charge in [-0.2, -0.15) is 0 Å². The van der Waals surface area contributed by atoms with Crippen LogP contribution >= 0.6 is 0 Å². The Balaban J connectivity index is 2.75. The molecular weight excluding hydrogens is 226 g/mol. The molecule has 0 spiro atoms. The molecule has 1 amide bonds. The minimum atomic E-state index is -0.285. The standard InChI is InChI=1S/C14H23N3O/c1-3-4-8-17(10-14(16)18)9-12-6-5-7-13(15)11(12)2/h5-7H,3-4,8-10,15H2,1-2H3,(H2,16,18). The third-order valence-electron chi connectivity index (χ3n) is 3.09. The monoisotopic (exact) mass is 249 g/mol. The molecule has 0 aliphatic rings. The Hall–Kier alpha value is -1.55. The molecule has 18 heavy (non-hydrogen) atoms. The van der Waals surface area contributed by atoms with E-state index in [0.29, 0.717) is 6.54 Å². The van der Waals surface area contributed by atoms with E-state index in [-0.39, 0.29) is 5.91 Å². The largest absolute Gasteiger partial charge is 0.399 e. The molecule has 0 atom stereocenters. The van der Waals surface area contributed by atoms with Crippen LogP contribution in [-0.2, 0) is 11.3 Å². The van der Waals surface area contributed by atoms with Gasteiger partial charge in [-0.25, -0.2) is 0 Å². The number of hydrogen-bond acceptors (Lipinski definition) is 3. The average Bonchev–Trinajstić information content (AvgIpc) is 2.31. The molecule has 0 aliphatic carbocycles. The molecular formula is C14H23N3O. The number of rotatable bonds is 7. The maximum atomic E-state index is 11.1. The first-order chi connectivity index (χ1) is 8.54. The smallest absolute Gasteiger partial charge is 0.231 e. The van der Waals surface area contributed by atoms with Gasteiger partial charge in [-0.15, -0.1) is 0 Å². The fourth-order valence-corrected chi connectivity index (χ4v) is 1.93. The Morgan fingerprint density at radius 1 is 1.39 bits per heavy atom. The summed E-state index contributed by atoms with van der Waals surface area (Å²) in [5, 5.41) is 0. The van der Waals surface area contributed by atoms with Crippen molar-refractivity contribution in [2.75, 3.05) is 18.8 Å². The van der Waals surface area contributed by atoms with Gasteiger partial charge in [0.1, 0.15) is 0 Å². The van der Waals surface area contributed by atoms with Gasteiger partial charge in [0.2, 0.25) is 5.91 Å². The molecule has 0 radical (unpaired) electrons. The first-order valence-electron chi connectivity index (χ1n) is 6.39. The number of amides is 1. The van der Waals surface area contributed by atoms with Crippen LogP contribution in [0.3, 0.4) is 0 Å². The van der Waals surface area contributed by atoms with Crippen LogP contribution in [0.1, 0.15) is 30.9 Å². The summed E-state index contributed by atoms with van der Waals surface area (Å²) in [4.78, 5) is 13.1. The van der Waals surface area contributed by atoms with Crippen LogP contribution in [0.5, 0.6) is 0 Å². The number of primary amides is 1. The maximum absolute atomic E-state index is 11.1. The highest BCUT2D eigenvalue weighted by Gasteiger charge is 2.10. The van der Waals surface area contributed by atoms with E-state index in [9.17, 15) is 4.79 Å². The van der Waals surface area contributed by atoms with Gasteiger partial charge in [-0.3, -0.25) is 9.69 Å². The summed E-state index contributed by atoms with van der Waals surface area (Å²) >= 11 is 0. The molecule has 1 rings (SSSR count). The Kier molecular flexibility index (Phi) is 5.65. The molecule has 1 aromatic rings. The molecule has 100 valence electrons. The number of hydrogen-bond donors (Lipinski definition) is 2. The Morgan fingerprint density at radius 3 is 2.72 bits per heavy atom.